The number of ether oxygens (including phenoxy) is 1. The van der Waals surface area contributed by atoms with Crippen LogP contribution in [0.5, 0.6) is 5.75 Å². The molecule has 0 saturated heterocycles. The molecule has 0 radical (unpaired) electrons. The predicted octanol–water partition coefficient (Wildman–Crippen LogP) is 4.41. The third-order valence-electron chi connectivity index (χ3n) is 4.39. The zero-order chi connectivity index (χ0) is 20.4. The molecule has 148 valence electrons. The maximum absolute atomic E-state index is 6.26. The molecule has 2 aromatic heterocycles. The molecular formula is C21H21BrN6O. The topological polar surface area (TPSA) is 76.1 Å². The first-order chi connectivity index (χ1) is 14.0. The van der Waals surface area contributed by atoms with Gasteiger partial charge in [-0.25, -0.2) is 9.97 Å². The molecule has 0 bridgehead atoms. The van der Waals surface area contributed by atoms with Crippen molar-refractivity contribution in [2.45, 2.75) is 13.0 Å². The van der Waals surface area contributed by atoms with Crippen molar-refractivity contribution >= 4 is 49.2 Å². The molecule has 8 heteroatoms. The molecule has 0 fully saturated rings. The molecule has 7 nitrogen and oxygen atoms in total. The first-order valence-corrected chi connectivity index (χ1v) is 10.0. The quantitative estimate of drug-likeness (QED) is 0.464. The van der Waals surface area contributed by atoms with Crippen LogP contribution in [-0.2, 0) is 0 Å². The van der Waals surface area contributed by atoms with Gasteiger partial charge in [-0.3, -0.25) is 0 Å². The van der Waals surface area contributed by atoms with Crippen molar-refractivity contribution in [2.24, 2.45) is 0 Å². The van der Waals surface area contributed by atoms with Crippen molar-refractivity contribution in [3.8, 4) is 5.75 Å². The summed E-state index contributed by atoms with van der Waals surface area (Å²) in [4.78, 5) is 11.0. The molecule has 2 aromatic carbocycles. The molecule has 0 unspecified atom stereocenters. The van der Waals surface area contributed by atoms with Gasteiger partial charge in [0.15, 0.2) is 0 Å². The van der Waals surface area contributed by atoms with Gasteiger partial charge >= 0.3 is 0 Å². The molecule has 0 spiro atoms. The third kappa shape index (κ3) is 4.44. The number of fused-ring (bicyclic) bond motifs is 2. The normalized spacial score (nSPS) is 12.4. The number of anilines is 2. The van der Waals surface area contributed by atoms with E-state index >= 15 is 0 Å². The van der Waals surface area contributed by atoms with Gasteiger partial charge in [-0.05, 0) is 57.4 Å². The number of hydrogen-bond acceptors (Lipinski definition) is 7. The number of aromatic nitrogens is 4. The monoisotopic (exact) mass is 452 g/mol. The van der Waals surface area contributed by atoms with E-state index in [1.54, 1.807) is 12.5 Å². The number of nitrogens with zero attached hydrogens (tertiary/aromatic N) is 5. The van der Waals surface area contributed by atoms with Crippen LogP contribution in [0, 0.1) is 0 Å². The standard InChI is InChI=1S/C21H21BrN6O/c1-13(11-28(2)3)29-19-10-15(22)9-18-20(19)21(24-12-23-18)26-16-4-5-17-14(8-16)6-7-25-27-17/h4-10,12-13H,11H2,1-3H3,(H,23,24,26)/t13-/m1/s1. The van der Waals surface area contributed by atoms with Gasteiger partial charge in [0.05, 0.1) is 22.6 Å². The molecule has 4 rings (SSSR count). The van der Waals surface area contributed by atoms with Gasteiger partial charge in [-0.15, -0.1) is 0 Å². The van der Waals surface area contributed by atoms with Crippen molar-refractivity contribution in [2.75, 3.05) is 26.0 Å². The largest absolute Gasteiger partial charge is 0.488 e. The zero-order valence-electron chi connectivity index (χ0n) is 16.4. The lowest BCUT2D eigenvalue weighted by Gasteiger charge is -2.20. The summed E-state index contributed by atoms with van der Waals surface area (Å²) in [6, 6.07) is 11.8. The molecule has 1 N–H and O–H groups in total. The second kappa shape index (κ2) is 8.26. The Kier molecular flexibility index (Phi) is 5.55. The molecule has 4 aromatic rings. The van der Waals surface area contributed by atoms with Crippen LogP contribution in [0.2, 0.25) is 0 Å². The van der Waals surface area contributed by atoms with E-state index in [-0.39, 0.29) is 6.10 Å². The van der Waals surface area contributed by atoms with Crippen LogP contribution in [0.1, 0.15) is 6.92 Å². The fourth-order valence-corrected chi connectivity index (χ4v) is 3.70. The molecule has 0 aliphatic heterocycles. The highest BCUT2D eigenvalue weighted by Gasteiger charge is 2.15. The lowest BCUT2D eigenvalue weighted by molar-refractivity contribution is 0.179. The Labute approximate surface area is 177 Å². The second-order valence-corrected chi connectivity index (χ2v) is 8.06. The first kappa shape index (κ1) is 19.5. The maximum atomic E-state index is 6.26. The van der Waals surface area contributed by atoms with Gasteiger partial charge in [0.2, 0.25) is 0 Å². The molecule has 1 atom stereocenters. The summed E-state index contributed by atoms with van der Waals surface area (Å²) in [7, 11) is 4.05. The van der Waals surface area contributed by atoms with Gasteiger partial charge in [0.25, 0.3) is 0 Å². The van der Waals surface area contributed by atoms with Crippen LogP contribution in [0.25, 0.3) is 21.8 Å². The number of rotatable bonds is 6. The summed E-state index contributed by atoms with van der Waals surface area (Å²) >= 11 is 3.56. The van der Waals surface area contributed by atoms with Crippen molar-refractivity contribution in [3.05, 3.63) is 53.4 Å². The van der Waals surface area contributed by atoms with Crippen LogP contribution in [0.3, 0.4) is 0 Å². The summed E-state index contributed by atoms with van der Waals surface area (Å²) < 4.78 is 7.17. The lowest BCUT2D eigenvalue weighted by Crippen LogP contribution is -2.28. The molecule has 29 heavy (non-hydrogen) atoms. The lowest BCUT2D eigenvalue weighted by atomic mass is 10.2. The Hall–Kier alpha value is -2.84. The molecule has 0 amide bonds. The fourth-order valence-electron chi connectivity index (χ4n) is 3.28. The molecule has 0 saturated carbocycles. The van der Waals surface area contributed by atoms with Crippen molar-refractivity contribution < 1.29 is 4.74 Å². The average molecular weight is 453 g/mol. The fraction of sp³-hybridized carbons (Fsp3) is 0.238. The van der Waals surface area contributed by atoms with E-state index in [0.717, 1.165) is 44.3 Å². The minimum Gasteiger partial charge on any atom is -0.488 e. The Balaban J connectivity index is 1.75. The Bertz CT molecular complexity index is 1170. The summed E-state index contributed by atoms with van der Waals surface area (Å²) in [6.07, 6.45) is 3.24. The van der Waals surface area contributed by atoms with Crippen LogP contribution in [0.4, 0.5) is 11.5 Å². The minimum atomic E-state index is 0.00907. The van der Waals surface area contributed by atoms with E-state index in [4.69, 9.17) is 4.74 Å². The Morgan fingerprint density at radius 2 is 1.97 bits per heavy atom. The predicted molar refractivity (Wildman–Crippen MR) is 119 cm³/mol. The summed E-state index contributed by atoms with van der Waals surface area (Å²) in [6.45, 7) is 2.85. The third-order valence-corrected chi connectivity index (χ3v) is 4.85. The van der Waals surface area contributed by atoms with Crippen LogP contribution in [-0.4, -0.2) is 51.8 Å². The first-order valence-electron chi connectivity index (χ1n) is 9.24. The number of likely N-dealkylation sites (N-methyl/N-ethyl adjacent to an activating group) is 1. The maximum Gasteiger partial charge on any atom is 0.145 e. The van der Waals surface area contributed by atoms with Gasteiger partial charge in [-0.2, -0.15) is 10.2 Å². The van der Waals surface area contributed by atoms with E-state index in [2.05, 4.69) is 46.3 Å². The Morgan fingerprint density at radius 3 is 2.79 bits per heavy atom. The number of halogens is 1. The molecule has 0 aliphatic rings. The highest BCUT2D eigenvalue weighted by molar-refractivity contribution is 9.10. The smallest absolute Gasteiger partial charge is 0.145 e. The van der Waals surface area contributed by atoms with Crippen molar-refractivity contribution in [1.82, 2.24) is 25.1 Å². The average Bonchev–Trinajstić information content (AvgIpc) is 2.67. The Morgan fingerprint density at radius 1 is 1.10 bits per heavy atom. The van der Waals surface area contributed by atoms with E-state index in [0.29, 0.717) is 5.82 Å². The van der Waals surface area contributed by atoms with Crippen LogP contribution in [0.15, 0.2) is 53.4 Å². The molecular weight excluding hydrogens is 432 g/mol. The van der Waals surface area contributed by atoms with Gasteiger partial charge in [-0.1, -0.05) is 15.9 Å². The SMILES string of the molecule is C[C@H](CN(C)C)Oc1cc(Br)cc2ncnc(Nc3ccc4nnccc4c3)c12. The van der Waals surface area contributed by atoms with Crippen LogP contribution >= 0.6 is 15.9 Å². The number of benzene rings is 2. The zero-order valence-corrected chi connectivity index (χ0v) is 18.0. The van der Waals surface area contributed by atoms with E-state index in [1.807, 2.05) is 57.4 Å². The van der Waals surface area contributed by atoms with E-state index in [1.165, 1.54) is 0 Å². The van der Waals surface area contributed by atoms with Gasteiger partial charge in [0.1, 0.15) is 24.0 Å². The highest BCUT2D eigenvalue weighted by Crippen LogP contribution is 2.35. The van der Waals surface area contributed by atoms with Gasteiger partial charge < -0.3 is 15.0 Å². The second-order valence-electron chi connectivity index (χ2n) is 7.14. The summed E-state index contributed by atoms with van der Waals surface area (Å²) in [5, 5.41) is 13.3. The minimum absolute atomic E-state index is 0.00907. The summed E-state index contributed by atoms with van der Waals surface area (Å²) in [5.74, 6) is 1.43. The van der Waals surface area contributed by atoms with Gasteiger partial charge in [0, 0.05) is 22.1 Å². The molecule has 0 aliphatic carbocycles. The van der Waals surface area contributed by atoms with Crippen molar-refractivity contribution in [3.63, 3.8) is 0 Å². The number of nitrogens with one attached hydrogen (secondary N) is 1. The number of hydrogen-bond donors (Lipinski definition) is 1. The summed E-state index contributed by atoms with van der Waals surface area (Å²) in [5.41, 5.74) is 2.55. The highest BCUT2D eigenvalue weighted by atomic mass is 79.9. The van der Waals surface area contributed by atoms with E-state index in [9.17, 15) is 0 Å². The van der Waals surface area contributed by atoms with Crippen LogP contribution < -0.4 is 10.1 Å². The van der Waals surface area contributed by atoms with E-state index < -0.39 is 0 Å². The van der Waals surface area contributed by atoms with Crippen molar-refractivity contribution in [1.29, 1.82) is 0 Å². The molecule has 2 heterocycles.